The number of carbonyl (C=O) groups excluding carboxylic acids is 1. The Labute approximate surface area is 124 Å². The number of hydrogen-bond donors (Lipinski definition) is 2. The largest absolute Gasteiger partial charge is 0.351 e. The first kappa shape index (κ1) is 15.9. The molecule has 1 aliphatic rings. The van der Waals surface area contributed by atoms with Crippen LogP contribution in [0, 0.1) is 0 Å². The smallest absolute Gasteiger partial charge is 0.242 e. The van der Waals surface area contributed by atoms with Crippen LogP contribution in [0.2, 0.25) is 0 Å². The summed E-state index contributed by atoms with van der Waals surface area (Å²) in [6.45, 7) is 0.710. The van der Waals surface area contributed by atoms with Crippen LogP contribution in [0.5, 0.6) is 0 Å². The Kier molecular flexibility index (Phi) is 5.29. The summed E-state index contributed by atoms with van der Waals surface area (Å²) in [7, 11) is -2.98. The molecule has 0 aliphatic carbocycles. The van der Waals surface area contributed by atoms with Gasteiger partial charge in [-0.15, -0.1) is 5.10 Å². The van der Waals surface area contributed by atoms with Crippen LogP contribution in [-0.4, -0.2) is 53.4 Å². The summed E-state index contributed by atoms with van der Waals surface area (Å²) in [5.41, 5.74) is 6.26. The number of aryl methyl sites for hydroxylation is 1. The lowest BCUT2D eigenvalue weighted by molar-refractivity contribution is -0.122. The van der Waals surface area contributed by atoms with Crippen molar-refractivity contribution in [1.82, 2.24) is 20.3 Å². The quantitative estimate of drug-likeness (QED) is 0.614. The fourth-order valence-corrected chi connectivity index (χ4v) is 3.98. The zero-order chi connectivity index (χ0) is 15.3. The number of carbonyl (C=O) groups is 1. The Morgan fingerprint density at radius 1 is 1.48 bits per heavy atom. The van der Waals surface area contributed by atoms with Gasteiger partial charge in [0.15, 0.2) is 9.84 Å². The lowest BCUT2D eigenvalue weighted by Gasteiger charge is -2.10. The molecular formula is C12H21N5O3S. The van der Waals surface area contributed by atoms with E-state index in [1.165, 1.54) is 4.68 Å². The van der Waals surface area contributed by atoms with Gasteiger partial charge in [-0.25, -0.2) is 13.1 Å². The molecule has 2 rings (SSSR count). The van der Waals surface area contributed by atoms with Crippen LogP contribution in [0.15, 0.2) is 6.20 Å². The number of nitrogens with zero attached hydrogens (tertiary/aromatic N) is 3. The lowest BCUT2D eigenvalue weighted by Crippen LogP contribution is -2.37. The van der Waals surface area contributed by atoms with Gasteiger partial charge in [0.05, 0.1) is 17.2 Å². The number of hydrogen-bond acceptors (Lipinski definition) is 6. The zero-order valence-corrected chi connectivity index (χ0v) is 12.7. The van der Waals surface area contributed by atoms with Gasteiger partial charge in [-0.05, 0) is 32.2 Å². The fraction of sp³-hybridized carbons (Fsp3) is 0.750. The van der Waals surface area contributed by atoms with Gasteiger partial charge >= 0.3 is 0 Å². The molecule has 21 heavy (non-hydrogen) atoms. The maximum absolute atomic E-state index is 11.8. The third-order valence-electron chi connectivity index (χ3n) is 3.38. The van der Waals surface area contributed by atoms with Gasteiger partial charge in [0.25, 0.3) is 0 Å². The minimum Gasteiger partial charge on any atom is -0.351 e. The van der Waals surface area contributed by atoms with Crippen molar-refractivity contribution in [3.8, 4) is 0 Å². The number of aromatic nitrogens is 3. The minimum absolute atomic E-state index is 0.0282. The molecule has 1 amide bonds. The third kappa shape index (κ3) is 5.09. The Balaban J connectivity index is 1.77. The van der Waals surface area contributed by atoms with E-state index in [1.54, 1.807) is 6.20 Å². The molecule has 3 N–H and O–H groups in total. The van der Waals surface area contributed by atoms with Gasteiger partial charge in [-0.2, -0.15) is 0 Å². The second-order valence-corrected chi connectivity index (χ2v) is 7.55. The molecule has 0 saturated carbocycles. The Morgan fingerprint density at radius 2 is 2.29 bits per heavy atom. The highest BCUT2D eigenvalue weighted by molar-refractivity contribution is 7.91. The van der Waals surface area contributed by atoms with Crippen molar-refractivity contribution in [3.63, 3.8) is 0 Å². The average Bonchev–Trinajstić information content (AvgIpc) is 2.96. The summed E-state index contributed by atoms with van der Waals surface area (Å²) in [5.74, 6) is -0.0667. The fourth-order valence-electron chi connectivity index (χ4n) is 2.31. The molecular weight excluding hydrogens is 294 g/mol. The van der Waals surface area contributed by atoms with Gasteiger partial charge in [0.1, 0.15) is 6.54 Å². The summed E-state index contributed by atoms with van der Waals surface area (Å²) in [6.07, 6.45) is 4.89. The number of sulfone groups is 1. The van der Waals surface area contributed by atoms with Crippen molar-refractivity contribution < 1.29 is 13.2 Å². The van der Waals surface area contributed by atoms with Gasteiger partial charge in [0, 0.05) is 12.2 Å². The highest BCUT2D eigenvalue weighted by Gasteiger charge is 2.28. The van der Waals surface area contributed by atoms with E-state index in [-0.39, 0.29) is 30.0 Å². The van der Waals surface area contributed by atoms with Gasteiger partial charge < -0.3 is 11.1 Å². The minimum atomic E-state index is -2.98. The summed E-state index contributed by atoms with van der Waals surface area (Å²) < 4.78 is 24.1. The molecule has 2 heterocycles. The van der Waals surface area contributed by atoms with Gasteiger partial charge in [-0.1, -0.05) is 5.21 Å². The number of rotatable bonds is 7. The standard InChI is InChI=1S/C12H21N5O3S/c13-5-2-1-3-10-7-17(16-15-10)8-12(18)14-11-4-6-21(19,20)9-11/h7,11H,1-6,8-9,13H2,(H,14,18). The molecule has 1 saturated heterocycles. The molecule has 9 heteroatoms. The average molecular weight is 315 g/mol. The molecule has 8 nitrogen and oxygen atoms in total. The summed E-state index contributed by atoms with van der Waals surface area (Å²) in [6, 6.07) is -0.282. The van der Waals surface area contributed by atoms with E-state index in [4.69, 9.17) is 5.73 Å². The van der Waals surface area contributed by atoms with Crippen molar-refractivity contribution in [3.05, 3.63) is 11.9 Å². The number of nitrogens with two attached hydrogens (primary N) is 1. The van der Waals surface area contributed by atoms with E-state index < -0.39 is 9.84 Å². The predicted molar refractivity (Wildman–Crippen MR) is 77.2 cm³/mol. The monoisotopic (exact) mass is 315 g/mol. The summed E-state index contributed by atoms with van der Waals surface area (Å²) in [5, 5.41) is 10.6. The van der Waals surface area contributed by atoms with E-state index >= 15 is 0 Å². The Hall–Kier alpha value is -1.48. The first-order valence-electron chi connectivity index (χ1n) is 7.07. The van der Waals surface area contributed by atoms with Gasteiger partial charge in [-0.3, -0.25) is 4.79 Å². The molecule has 1 atom stereocenters. The molecule has 0 radical (unpaired) electrons. The Bertz CT molecular complexity index is 583. The highest BCUT2D eigenvalue weighted by atomic mass is 32.2. The molecule has 0 aromatic carbocycles. The predicted octanol–water partition coefficient (Wildman–Crippen LogP) is -1.14. The third-order valence-corrected chi connectivity index (χ3v) is 5.14. The van der Waals surface area contributed by atoms with Crippen LogP contribution >= 0.6 is 0 Å². The number of amides is 1. The van der Waals surface area contributed by atoms with E-state index in [9.17, 15) is 13.2 Å². The second kappa shape index (κ2) is 6.99. The molecule has 1 aliphatic heterocycles. The van der Waals surface area contributed by atoms with Crippen molar-refractivity contribution in [2.45, 2.75) is 38.3 Å². The molecule has 1 aromatic rings. The summed E-state index contributed by atoms with van der Waals surface area (Å²) >= 11 is 0. The SMILES string of the molecule is NCCCCc1cn(CC(=O)NC2CCS(=O)(=O)C2)nn1. The lowest BCUT2D eigenvalue weighted by atomic mass is 10.2. The van der Waals surface area contributed by atoms with Crippen LogP contribution in [-0.2, 0) is 27.6 Å². The molecule has 1 unspecified atom stereocenters. The maximum atomic E-state index is 11.8. The maximum Gasteiger partial charge on any atom is 0.242 e. The second-order valence-electron chi connectivity index (χ2n) is 5.32. The van der Waals surface area contributed by atoms with Crippen molar-refractivity contribution >= 4 is 15.7 Å². The normalized spacial score (nSPS) is 20.5. The van der Waals surface area contributed by atoms with Crippen LogP contribution < -0.4 is 11.1 Å². The first-order valence-corrected chi connectivity index (χ1v) is 8.89. The first-order chi connectivity index (χ1) is 9.98. The van der Waals surface area contributed by atoms with Crippen LogP contribution in [0.4, 0.5) is 0 Å². The Morgan fingerprint density at radius 3 is 2.95 bits per heavy atom. The number of unbranched alkanes of at least 4 members (excludes halogenated alkanes) is 1. The van der Waals surface area contributed by atoms with E-state index in [1.807, 2.05) is 0 Å². The van der Waals surface area contributed by atoms with E-state index in [0.717, 1.165) is 25.0 Å². The molecule has 1 aromatic heterocycles. The van der Waals surface area contributed by atoms with Gasteiger partial charge in [0.2, 0.25) is 5.91 Å². The molecule has 0 spiro atoms. The van der Waals surface area contributed by atoms with Crippen LogP contribution in [0.3, 0.4) is 0 Å². The van der Waals surface area contributed by atoms with Crippen molar-refractivity contribution in [1.29, 1.82) is 0 Å². The molecule has 1 fully saturated rings. The molecule has 118 valence electrons. The van der Waals surface area contributed by atoms with E-state index in [0.29, 0.717) is 13.0 Å². The van der Waals surface area contributed by atoms with Crippen LogP contribution in [0.25, 0.3) is 0 Å². The van der Waals surface area contributed by atoms with E-state index in [2.05, 4.69) is 15.6 Å². The number of nitrogens with one attached hydrogen (secondary N) is 1. The highest BCUT2D eigenvalue weighted by Crippen LogP contribution is 2.11. The van der Waals surface area contributed by atoms with Crippen molar-refractivity contribution in [2.24, 2.45) is 5.73 Å². The zero-order valence-electron chi connectivity index (χ0n) is 11.9. The van der Waals surface area contributed by atoms with Crippen molar-refractivity contribution in [2.75, 3.05) is 18.1 Å². The summed E-state index contributed by atoms with van der Waals surface area (Å²) in [4.78, 5) is 11.8. The van der Waals surface area contributed by atoms with Crippen LogP contribution in [0.1, 0.15) is 25.0 Å². The topological polar surface area (TPSA) is 120 Å². The molecule has 0 bridgehead atoms.